The first-order valence-electron chi connectivity index (χ1n) is 8.10. The zero-order valence-corrected chi connectivity index (χ0v) is 14.3. The third-order valence-corrected chi connectivity index (χ3v) is 3.75. The Bertz CT molecular complexity index is 940. The summed E-state index contributed by atoms with van der Waals surface area (Å²) in [5.74, 6) is -0.608. The number of alkyl halides is 3. The molecule has 1 aromatic heterocycles. The van der Waals surface area contributed by atoms with Gasteiger partial charge in [0.2, 0.25) is 5.95 Å². The Morgan fingerprint density at radius 2 is 1.54 bits per heavy atom. The third-order valence-electron chi connectivity index (χ3n) is 3.75. The number of nitrogens with zero attached hydrogens (tertiary/aromatic N) is 2. The zero-order valence-electron chi connectivity index (χ0n) is 14.3. The van der Waals surface area contributed by atoms with Crippen LogP contribution in [0.3, 0.4) is 0 Å². The molecule has 0 unspecified atom stereocenters. The summed E-state index contributed by atoms with van der Waals surface area (Å²) in [5.41, 5.74) is 0.392. The summed E-state index contributed by atoms with van der Waals surface area (Å²) in [6.45, 7) is 0.372. The van der Waals surface area contributed by atoms with E-state index < -0.39 is 17.6 Å². The van der Waals surface area contributed by atoms with E-state index >= 15 is 0 Å². The topological polar surface area (TPSA) is 66.9 Å². The van der Waals surface area contributed by atoms with E-state index in [-0.39, 0.29) is 23.0 Å². The lowest BCUT2D eigenvalue weighted by Gasteiger charge is -2.09. The van der Waals surface area contributed by atoms with Gasteiger partial charge in [-0.2, -0.15) is 13.2 Å². The predicted molar refractivity (Wildman–Crippen MR) is 95.2 cm³/mol. The van der Waals surface area contributed by atoms with Crippen molar-refractivity contribution in [3.63, 3.8) is 0 Å². The van der Waals surface area contributed by atoms with Gasteiger partial charge in [0.05, 0.1) is 11.1 Å². The molecule has 0 atom stereocenters. The highest BCUT2D eigenvalue weighted by atomic mass is 19.4. The van der Waals surface area contributed by atoms with Crippen LogP contribution in [0.15, 0.2) is 60.9 Å². The minimum absolute atomic E-state index is 0.146. The SMILES string of the molecule is O=C(Nc1ccc(C(F)(F)F)cc1)c1cnc(NCc2ccc(F)cc2)nc1. The number of rotatable bonds is 5. The largest absolute Gasteiger partial charge is 0.416 e. The van der Waals surface area contributed by atoms with Crippen molar-refractivity contribution in [3.8, 4) is 0 Å². The monoisotopic (exact) mass is 390 g/mol. The molecule has 1 amide bonds. The lowest BCUT2D eigenvalue weighted by atomic mass is 10.2. The molecule has 5 nitrogen and oxygen atoms in total. The minimum Gasteiger partial charge on any atom is -0.350 e. The van der Waals surface area contributed by atoms with Gasteiger partial charge < -0.3 is 10.6 Å². The van der Waals surface area contributed by atoms with Crippen molar-refractivity contribution in [3.05, 3.63) is 83.4 Å². The molecule has 0 aliphatic heterocycles. The van der Waals surface area contributed by atoms with Crippen LogP contribution in [0.25, 0.3) is 0 Å². The molecule has 2 N–H and O–H groups in total. The molecule has 3 rings (SSSR count). The molecule has 3 aromatic rings. The molecule has 0 spiro atoms. The maximum atomic E-state index is 12.9. The van der Waals surface area contributed by atoms with E-state index in [0.717, 1.165) is 17.7 Å². The quantitative estimate of drug-likeness (QED) is 0.630. The molecule has 0 radical (unpaired) electrons. The number of carbonyl (C=O) groups excluding carboxylic acids is 1. The highest BCUT2D eigenvalue weighted by Crippen LogP contribution is 2.29. The highest BCUT2D eigenvalue weighted by molar-refractivity contribution is 6.03. The number of benzene rings is 2. The second kappa shape index (κ2) is 8.03. The van der Waals surface area contributed by atoms with Crippen molar-refractivity contribution in [2.45, 2.75) is 12.7 Å². The van der Waals surface area contributed by atoms with Crippen molar-refractivity contribution in [1.29, 1.82) is 0 Å². The molecule has 0 aliphatic carbocycles. The van der Waals surface area contributed by atoms with Gasteiger partial charge in [-0.25, -0.2) is 14.4 Å². The molecule has 28 heavy (non-hydrogen) atoms. The number of hydrogen-bond acceptors (Lipinski definition) is 4. The van der Waals surface area contributed by atoms with Gasteiger partial charge in [0, 0.05) is 24.6 Å². The molecule has 9 heteroatoms. The van der Waals surface area contributed by atoms with Gasteiger partial charge >= 0.3 is 6.18 Å². The van der Waals surface area contributed by atoms with Crippen molar-refractivity contribution in [2.24, 2.45) is 0 Å². The Hall–Kier alpha value is -3.49. The standard InChI is InChI=1S/C19H14F4N4O/c20-15-5-1-12(2-6-15)9-24-18-25-10-13(11-26-18)17(28)27-16-7-3-14(4-8-16)19(21,22)23/h1-8,10-11H,9H2,(H,27,28)(H,24,25,26). The molecule has 1 heterocycles. The molecule has 0 saturated heterocycles. The minimum atomic E-state index is -4.44. The summed E-state index contributed by atoms with van der Waals surface area (Å²) in [5, 5.41) is 5.41. The lowest BCUT2D eigenvalue weighted by Crippen LogP contribution is -2.14. The Balaban J connectivity index is 1.58. The fourth-order valence-corrected chi connectivity index (χ4v) is 2.27. The zero-order chi connectivity index (χ0) is 20.1. The first-order valence-corrected chi connectivity index (χ1v) is 8.10. The lowest BCUT2D eigenvalue weighted by molar-refractivity contribution is -0.137. The fourth-order valence-electron chi connectivity index (χ4n) is 2.27. The number of aromatic nitrogens is 2. The van der Waals surface area contributed by atoms with Crippen molar-refractivity contribution in [2.75, 3.05) is 10.6 Å². The number of hydrogen-bond donors (Lipinski definition) is 2. The molecule has 2 aromatic carbocycles. The Labute approximate surface area is 157 Å². The van der Waals surface area contributed by atoms with Gasteiger partial charge in [-0.15, -0.1) is 0 Å². The Kier molecular flexibility index (Phi) is 5.53. The number of halogens is 4. The first kappa shape index (κ1) is 19.3. The van der Waals surface area contributed by atoms with Gasteiger partial charge in [-0.3, -0.25) is 4.79 Å². The van der Waals surface area contributed by atoms with E-state index in [4.69, 9.17) is 0 Å². The third kappa shape index (κ3) is 5.03. The summed E-state index contributed by atoms with van der Waals surface area (Å²) in [7, 11) is 0. The van der Waals surface area contributed by atoms with Crippen molar-refractivity contribution in [1.82, 2.24) is 9.97 Å². The van der Waals surface area contributed by atoms with E-state index in [1.807, 2.05) is 0 Å². The van der Waals surface area contributed by atoms with Crippen LogP contribution < -0.4 is 10.6 Å². The summed E-state index contributed by atoms with van der Waals surface area (Å²) >= 11 is 0. The molecule has 0 saturated carbocycles. The molecule has 0 aliphatic rings. The average molecular weight is 390 g/mol. The van der Waals surface area contributed by atoms with Crippen molar-refractivity contribution < 1.29 is 22.4 Å². The van der Waals surface area contributed by atoms with Gasteiger partial charge in [-0.1, -0.05) is 12.1 Å². The van der Waals surface area contributed by atoms with Gasteiger partial charge in [0.15, 0.2) is 0 Å². The van der Waals surface area contributed by atoms with E-state index in [1.165, 1.54) is 36.7 Å². The van der Waals surface area contributed by atoms with E-state index in [9.17, 15) is 22.4 Å². The second-order valence-electron chi connectivity index (χ2n) is 5.80. The van der Waals surface area contributed by atoms with Crippen LogP contribution in [0.4, 0.5) is 29.2 Å². The van der Waals surface area contributed by atoms with Crippen LogP contribution in [0.5, 0.6) is 0 Å². The number of anilines is 2. The average Bonchev–Trinajstić information content (AvgIpc) is 2.67. The maximum Gasteiger partial charge on any atom is 0.416 e. The summed E-state index contributed by atoms with van der Waals surface area (Å²) in [4.78, 5) is 20.2. The number of nitrogens with one attached hydrogen (secondary N) is 2. The van der Waals surface area contributed by atoms with Crippen molar-refractivity contribution >= 4 is 17.5 Å². The van der Waals surface area contributed by atoms with Crippen LogP contribution in [0, 0.1) is 5.82 Å². The summed E-state index contributed by atoms with van der Waals surface area (Å²) in [6, 6.07) is 10.0. The number of amides is 1. The van der Waals surface area contributed by atoms with Crippen LogP contribution in [-0.4, -0.2) is 15.9 Å². The summed E-state index contributed by atoms with van der Waals surface area (Å²) in [6.07, 6.45) is -1.86. The Morgan fingerprint density at radius 1 is 0.929 bits per heavy atom. The van der Waals surface area contributed by atoms with E-state index in [0.29, 0.717) is 6.54 Å². The van der Waals surface area contributed by atoms with Crippen LogP contribution >= 0.6 is 0 Å². The molecular formula is C19H14F4N4O. The van der Waals surface area contributed by atoms with Gasteiger partial charge in [0.1, 0.15) is 5.82 Å². The summed E-state index contributed by atoms with van der Waals surface area (Å²) < 4.78 is 50.5. The number of carbonyl (C=O) groups is 1. The van der Waals surface area contributed by atoms with Crippen LogP contribution in [0.1, 0.15) is 21.5 Å². The molecule has 0 bridgehead atoms. The second-order valence-corrected chi connectivity index (χ2v) is 5.80. The maximum absolute atomic E-state index is 12.9. The smallest absolute Gasteiger partial charge is 0.350 e. The van der Waals surface area contributed by atoms with E-state index in [1.54, 1.807) is 12.1 Å². The highest BCUT2D eigenvalue weighted by Gasteiger charge is 2.30. The van der Waals surface area contributed by atoms with Crippen LogP contribution in [-0.2, 0) is 12.7 Å². The molecule has 144 valence electrons. The van der Waals surface area contributed by atoms with Gasteiger partial charge in [0.25, 0.3) is 5.91 Å². The van der Waals surface area contributed by atoms with E-state index in [2.05, 4.69) is 20.6 Å². The normalized spacial score (nSPS) is 11.1. The van der Waals surface area contributed by atoms with Gasteiger partial charge in [-0.05, 0) is 42.0 Å². The first-order chi connectivity index (χ1) is 13.3. The molecular weight excluding hydrogens is 376 g/mol. The molecule has 0 fully saturated rings. The fraction of sp³-hybridized carbons (Fsp3) is 0.105. The van der Waals surface area contributed by atoms with Crippen LogP contribution in [0.2, 0.25) is 0 Å². The predicted octanol–water partition coefficient (Wildman–Crippen LogP) is 4.50. The Morgan fingerprint density at radius 3 is 2.11 bits per heavy atom.